The van der Waals surface area contributed by atoms with Gasteiger partial charge in [0, 0.05) is 18.3 Å². The van der Waals surface area contributed by atoms with Crippen LogP contribution in [0.3, 0.4) is 0 Å². The summed E-state index contributed by atoms with van der Waals surface area (Å²) in [4.78, 5) is 8.70. The number of aromatic nitrogens is 2. The van der Waals surface area contributed by atoms with E-state index in [1.54, 1.807) is 13.3 Å². The molecule has 5 nitrogen and oxygen atoms in total. The molecular formula is C17H24N4O. The van der Waals surface area contributed by atoms with Crippen molar-refractivity contribution in [2.75, 3.05) is 24.3 Å². The zero-order valence-electron chi connectivity index (χ0n) is 13.7. The SMILES string of the molecule is COc1ccc(CCNc2ccnc(NC(C)(C)C)n2)cc1. The lowest BCUT2D eigenvalue weighted by molar-refractivity contribution is 0.414. The van der Waals surface area contributed by atoms with Gasteiger partial charge in [-0.2, -0.15) is 4.98 Å². The van der Waals surface area contributed by atoms with Crippen LogP contribution >= 0.6 is 0 Å². The molecule has 0 aliphatic rings. The van der Waals surface area contributed by atoms with Gasteiger partial charge in [-0.3, -0.25) is 0 Å². The Morgan fingerprint density at radius 3 is 2.45 bits per heavy atom. The summed E-state index contributed by atoms with van der Waals surface area (Å²) in [5.41, 5.74) is 1.21. The third-order valence-electron chi connectivity index (χ3n) is 3.02. The van der Waals surface area contributed by atoms with Crippen LogP contribution in [0.15, 0.2) is 36.5 Å². The van der Waals surface area contributed by atoms with E-state index in [2.05, 4.69) is 53.5 Å². The van der Waals surface area contributed by atoms with E-state index < -0.39 is 0 Å². The summed E-state index contributed by atoms with van der Waals surface area (Å²) in [7, 11) is 1.68. The lowest BCUT2D eigenvalue weighted by Gasteiger charge is -2.20. The monoisotopic (exact) mass is 300 g/mol. The van der Waals surface area contributed by atoms with Gasteiger partial charge in [0.05, 0.1) is 7.11 Å². The minimum atomic E-state index is -0.0539. The van der Waals surface area contributed by atoms with Gasteiger partial charge in [-0.05, 0) is 51.0 Å². The van der Waals surface area contributed by atoms with Crippen LogP contribution in [0.5, 0.6) is 5.75 Å². The molecule has 2 rings (SSSR count). The Balaban J connectivity index is 1.87. The maximum absolute atomic E-state index is 5.16. The van der Waals surface area contributed by atoms with E-state index in [9.17, 15) is 0 Å². The van der Waals surface area contributed by atoms with Gasteiger partial charge in [0.15, 0.2) is 0 Å². The first-order valence-electron chi connectivity index (χ1n) is 7.44. The van der Waals surface area contributed by atoms with Crippen molar-refractivity contribution in [3.63, 3.8) is 0 Å². The summed E-state index contributed by atoms with van der Waals surface area (Å²) in [6.07, 6.45) is 2.69. The molecule has 22 heavy (non-hydrogen) atoms. The number of anilines is 2. The number of nitrogens with zero attached hydrogens (tertiary/aromatic N) is 2. The highest BCUT2D eigenvalue weighted by molar-refractivity contribution is 5.40. The Bertz CT molecular complexity index is 590. The van der Waals surface area contributed by atoms with E-state index >= 15 is 0 Å². The summed E-state index contributed by atoms with van der Waals surface area (Å²) in [6, 6.07) is 9.98. The number of ether oxygens (including phenoxy) is 1. The standard InChI is InChI=1S/C17H24N4O/c1-17(2,3)21-16-19-12-10-15(20-16)18-11-9-13-5-7-14(22-4)8-6-13/h5-8,10,12H,9,11H2,1-4H3,(H2,18,19,20,21). The number of benzene rings is 1. The Labute approximate surface area is 132 Å². The molecule has 5 heteroatoms. The van der Waals surface area contributed by atoms with E-state index in [1.807, 2.05) is 18.2 Å². The van der Waals surface area contributed by atoms with Gasteiger partial charge in [-0.15, -0.1) is 0 Å². The van der Waals surface area contributed by atoms with Crippen molar-refractivity contribution in [1.29, 1.82) is 0 Å². The molecule has 0 saturated carbocycles. The van der Waals surface area contributed by atoms with Gasteiger partial charge in [0.2, 0.25) is 5.95 Å². The maximum Gasteiger partial charge on any atom is 0.224 e. The lowest BCUT2D eigenvalue weighted by Crippen LogP contribution is -2.27. The van der Waals surface area contributed by atoms with Crippen LogP contribution in [0.25, 0.3) is 0 Å². The molecule has 1 heterocycles. The molecule has 0 aliphatic carbocycles. The van der Waals surface area contributed by atoms with Crippen LogP contribution in [-0.2, 0) is 6.42 Å². The topological polar surface area (TPSA) is 59.1 Å². The van der Waals surface area contributed by atoms with Crippen molar-refractivity contribution >= 4 is 11.8 Å². The molecule has 0 fully saturated rings. The first kappa shape index (κ1) is 16.1. The van der Waals surface area contributed by atoms with Gasteiger partial charge in [0.1, 0.15) is 11.6 Å². The van der Waals surface area contributed by atoms with E-state index in [1.165, 1.54) is 5.56 Å². The zero-order chi connectivity index (χ0) is 16.0. The predicted molar refractivity (Wildman–Crippen MR) is 90.6 cm³/mol. The predicted octanol–water partition coefficient (Wildman–Crippen LogP) is 3.35. The quantitative estimate of drug-likeness (QED) is 0.856. The van der Waals surface area contributed by atoms with E-state index in [-0.39, 0.29) is 5.54 Å². The molecule has 0 bridgehead atoms. The molecule has 0 radical (unpaired) electrons. The highest BCUT2D eigenvalue weighted by Gasteiger charge is 2.11. The summed E-state index contributed by atoms with van der Waals surface area (Å²) < 4.78 is 5.16. The number of hydrogen-bond acceptors (Lipinski definition) is 5. The van der Waals surface area contributed by atoms with Crippen LogP contribution in [-0.4, -0.2) is 29.2 Å². The molecule has 2 N–H and O–H groups in total. The first-order chi connectivity index (χ1) is 10.5. The van der Waals surface area contributed by atoms with Gasteiger partial charge in [-0.1, -0.05) is 12.1 Å². The summed E-state index contributed by atoms with van der Waals surface area (Å²) >= 11 is 0. The number of rotatable bonds is 6. The summed E-state index contributed by atoms with van der Waals surface area (Å²) in [5.74, 6) is 2.35. The second-order valence-electron chi connectivity index (χ2n) is 6.17. The van der Waals surface area contributed by atoms with Crippen molar-refractivity contribution in [3.8, 4) is 5.75 Å². The third kappa shape index (κ3) is 5.24. The molecule has 1 aromatic carbocycles. The van der Waals surface area contributed by atoms with Crippen molar-refractivity contribution in [2.45, 2.75) is 32.7 Å². The minimum absolute atomic E-state index is 0.0539. The normalized spacial score (nSPS) is 11.1. The average Bonchev–Trinajstić information content (AvgIpc) is 2.47. The van der Waals surface area contributed by atoms with Crippen molar-refractivity contribution in [3.05, 3.63) is 42.1 Å². The second-order valence-corrected chi connectivity index (χ2v) is 6.17. The van der Waals surface area contributed by atoms with Crippen LogP contribution in [0.4, 0.5) is 11.8 Å². The highest BCUT2D eigenvalue weighted by Crippen LogP contribution is 2.13. The number of nitrogens with one attached hydrogen (secondary N) is 2. The van der Waals surface area contributed by atoms with Crippen molar-refractivity contribution in [1.82, 2.24) is 9.97 Å². The largest absolute Gasteiger partial charge is 0.497 e. The fraction of sp³-hybridized carbons (Fsp3) is 0.412. The van der Waals surface area contributed by atoms with Crippen molar-refractivity contribution in [2.24, 2.45) is 0 Å². The van der Waals surface area contributed by atoms with Crippen molar-refractivity contribution < 1.29 is 4.74 Å². The lowest BCUT2D eigenvalue weighted by atomic mass is 10.1. The molecular weight excluding hydrogens is 276 g/mol. The highest BCUT2D eigenvalue weighted by atomic mass is 16.5. The number of hydrogen-bond donors (Lipinski definition) is 2. The Hall–Kier alpha value is -2.30. The Morgan fingerprint density at radius 1 is 1.09 bits per heavy atom. The van der Waals surface area contributed by atoms with Crippen LogP contribution in [0.2, 0.25) is 0 Å². The fourth-order valence-electron chi connectivity index (χ4n) is 1.98. The van der Waals surface area contributed by atoms with Crippen LogP contribution in [0, 0.1) is 0 Å². The maximum atomic E-state index is 5.16. The van der Waals surface area contributed by atoms with Gasteiger partial charge >= 0.3 is 0 Å². The van der Waals surface area contributed by atoms with Gasteiger partial charge in [0.25, 0.3) is 0 Å². The Kier molecular flexibility index (Phi) is 5.20. The molecule has 2 aromatic rings. The smallest absolute Gasteiger partial charge is 0.224 e. The van der Waals surface area contributed by atoms with Gasteiger partial charge < -0.3 is 15.4 Å². The zero-order valence-corrected chi connectivity index (χ0v) is 13.7. The summed E-state index contributed by atoms with van der Waals surface area (Å²) in [6.45, 7) is 7.07. The molecule has 0 aliphatic heterocycles. The van der Waals surface area contributed by atoms with Gasteiger partial charge in [-0.25, -0.2) is 4.98 Å². The second kappa shape index (κ2) is 7.11. The molecule has 0 amide bonds. The van der Waals surface area contributed by atoms with E-state index in [0.29, 0.717) is 5.95 Å². The van der Waals surface area contributed by atoms with Crippen LogP contribution < -0.4 is 15.4 Å². The van der Waals surface area contributed by atoms with E-state index in [4.69, 9.17) is 4.74 Å². The van der Waals surface area contributed by atoms with E-state index in [0.717, 1.165) is 24.5 Å². The Morgan fingerprint density at radius 2 is 1.82 bits per heavy atom. The average molecular weight is 300 g/mol. The molecule has 0 unspecified atom stereocenters. The first-order valence-corrected chi connectivity index (χ1v) is 7.44. The molecule has 0 spiro atoms. The molecule has 0 atom stereocenters. The molecule has 1 aromatic heterocycles. The fourth-order valence-corrected chi connectivity index (χ4v) is 1.98. The van der Waals surface area contributed by atoms with Crippen LogP contribution in [0.1, 0.15) is 26.3 Å². The minimum Gasteiger partial charge on any atom is -0.497 e. The molecule has 118 valence electrons. The third-order valence-corrected chi connectivity index (χ3v) is 3.02. The number of methoxy groups -OCH3 is 1. The molecule has 0 saturated heterocycles. The summed E-state index contributed by atoms with van der Waals surface area (Å²) in [5, 5.41) is 6.59.